The number of hydrogen-bond acceptors (Lipinski definition) is 3. The van der Waals surface area contributed by atoms with Gasteiger partial charge in [0.15, 0.2) is 0 Å². The fourth-order valence-electron chi connectivity index (χ4n) is 2.36. The van der Waals surface area contributed by atoms with E-state index < -0.39 is 5.97 Å². The first-order valence-electron chi connectivity index (χ1n) is 6.06. The predicted molar refractivity (Wildman–Crippen MR) is 64.7 cm³/mol. The first-order chi connectivity index (χ1) is 8.16. The van der Waals surface area contributed by atoms with E-state index in [2.05, 4.69) is 4.98 Å². The van der Waals surface area contributed by atoms with E-state index in [1.54, 1.807) is 0 Å². The largest absolute Gasteiger partial charge is 0.480 e. The monoisotopic (exact) mass is 234 g/mol. The number of likely N-dealkylation sites (tertiary alicyclic amines) is 1. The number of hydrogen-bond donors (Lipinski definition) is 1. The maximum atomic E-state index is 11.2. The van der Waals surface area contributed by atoms with Crippen LogP contribution in [-0.4, -0.2) is 33.5 Å². The normalized spacial score (nSPS) is 21.4. The Balaban J connectivity index is 2.08. The fourth-order valence-corrected chi connectivity index (χ4v) is 2.36. The van der Waals surface area contributed by atoms with Crippen LogP contribution in [0.2, 0.25) is 0 Å². The minimum atomic E-state index is -0.711. The predicted octanol–water partition coefficient (Wildman–Crippen LogP) is 1.83. The molecule has 1 saturated heterocycles. The summed E-state index contributed by atoms with van der Waals surface area (Å²) in [7, 11) is 0. The van der Waals surface area contributed by atoms with Gasteiger partial charge in [0, 0.05) is 12.2 Å². The summed E-state index contributed by atoms with van der Waals surface area (Å²) in [5.41, 5.74) is 1.93. The Morgan fingerprint density at radius 2 is 2.35 bits per heavy atom. The molecule has 0 aromatic carbocycles. The van der Waals surface area contributed by atoms with E-state index in [4.69, 9.17) is 0 Å². The zero-order chi connectivity index (χ0) is 12.3. The van der Waals surface area contributed by atoms with Crippen molar-refractivity contribution in [3.8, 4) is 0 Å². The Morgan fingerprint density at radius 3 is 3.06 bits per heavy atom. The van der Waals surface area contributed by atoms with Crippen LogP contribution in [0.1, 0.15) is 30.7 Å². The molecule has 1 atom stereocenters. The van der Waals surface area contributed by atoms with E-state index in [0.29, 0.717) is 6.54 Å². The van der Waals surface area contributed by atoms with Gasteiger partial charge in [0.25, 0.3) is 0 Å². The highest BCUT2D eigenvalue weighted by molar-refractivity contribution is 5.73. The highest BCUT2D eigenvalue weighted by Gasteiger charge is 2.28. The second kappa shape index (κ2) is 5.27. The summed E-state index contributed by atoms with van der Waals surface area (Å²) in [6.07, 6.45) is 2.84. The Kier molecular flexibility index (Phi) is 3.74. The maximum Gasteiger partial charge on any atom is 0.320 e. The van der Waals surface area contributed by atoms with Crippen LogP contribution in [0.25, 0.3) is 0 Å². The van der Waals surface area contributed by atoms with Crippen molar-refractivity contribution < 1.29 is 9.90 Å². The van der Waals surface area contributed by atoms with Gasteiger partial charge in [-0.25, -0.2) is 0 Å². The number of nitrogens with zero attached hydrogens (tertiary/aromatic N) is 2. The van der Waals surface area contributed by atoms with Gasteiger partial charge in [0.1, 0.15) is 6.04 Å². The molecule has 1 aromatic rings. The molecule has 2 heterocycles. The maximum absolute atomic E-state index is 11.2. The van der Waals surface area contributed by atoms with Gasteiger partial charge < -0.3 is 5.11 Å². The molecule has 0 bridgehead atoms. The van der Waals surface area contributed by atoms with E-state index in [1.165, 1.54) is 0 Å². The molecule has 1 fully saturated rings. The summed E-state index contributed by atoms with van der Waals surface area (Å²) in [4.78, 5) is 17.6. The minimum Gasteiger partial charge on any atom is -0.480 e. The average Bonchev–Trinajstić information content (AvgIpc) is 2.29. The van der Waals surface area contributed by atoms with Crippen molar-refractivity contribution >= 4 is 5.97 Å². The van der Waals surface area contributed by atoms with Gasteiger partial charge in [-0.3, -0.25) is 14.7 Å². The third kappa shape index (κ3) is 3.03. The number of pyridine rings is 1. The van der Waals surface area contributed by atoms with E-state index in [9.17, 15) is 9.90 Å². The lowest BCUT2D eigenvalue weighted by molar-refractivity contribution is -0.144. The van der Waals surface area contributed by atoms with Crippen LogP contribution >= 0.6 is 0 Å². The third-order valence-electron chi connectivity index (χ3n) is 3.21. The van der Waals surface area contributed by atoms with Crippen LogP contribution in [0.3, 0.4) is 0 Å². The number of piperidine rings is 1. The van der Waals surface area contributed by atoms with E-state index >= 15 is 0 Å². The van der Waals surface area contributed by atoms with Crippen molar-refractivity contribution in [2.75, 3.05) is 6.54 Å². The fraction of sp³-hybridized carbons (Fsp3) is 0.538. The average molecular weight is 234 g/mol. The van der Waals surface area contributed by atoms with Crippen molar-refractivity contribution in [2.45, 2.75) is 38.8 Å². The molecule has 2 rings (SSSR count). The number of carboxylic acid groups (broad SMARTS) is 1. The molecule has 0 saturated carbocycles. The lowest BCUT2D eigenvalue weighted by atomic mass is 10.0. The van der Waals surface area contributed by atoms with Crippen LogP contribution in [-0.2, 0) is 11.3 Å². The number of rotatable bonds is 3. The van der Waals surface area contributed by atoms with Crippen molar-refractivity contribution in [1.82, 2.24) is 9.88 Å². The molecule has 4 heteroatoms. The van der Waals surface area contributed by atoms with E-state index in [1.807, 2.05) is 30.0 Å². The summed E-state index contributed by atoms with van der Waals surface area (Å²) in [6.45, 7) is 3.44. The third-order valence-corrected chi connectivity index (χ3v) is 3.21. The van der Waals surface area contributed by atoms with Crippen molar-refractivity contribution in [3.05, 3.63) is 29.6 Å². The molecule has 92 valence electrons. The van der Waals surface area contributed by atoms with Crippen molar-refractivity contribution in [2.24, 2.45) is 0 Å². The van der Waals surface area contributed by atoms with Gasteiger partial charge in [-0.1, -0.05) is 12.5 Å². The first kappa shape index (κ1) is 12.0. The van der Waals surface area contributed by atoms with Gasteiger partial charge in [-0.05, 0) is 38.4 Å². The molecule has 1 aromatic heterocycles. The molecular formula is C13H18N2O2. The van der Waals surface area contributed by atoms with Crippen LogP contribution in [0, 0.1) is 6.92 Å². The molecule has 1 N–H and O–H groups in total. The number of aliphatic carboxylic acids is 1. The number of carbonyl (C=O) groups is 1. The van der Waals surface area contributed by atoms with Crippen molar-refractivity contribution in [3.63, 3.8) is 0 Å². The van der Waals surface area contributed by atoms with E-state index in [-0.39, 0.29) is 6.04 Å². The molecule has 1 unspecified atom stereocenters. The van der Waals surface area contributed by atoms with E-state index in [0.717, 1.165) is 37.2 Å². The highest BCUT2D eigenvalue weighted by atomic mass is 16.4. The van der Waals surface area contributed by atoms with Gasteiger partial charge in [0.2, 0.25) is 0 Å². The van der Waals surface area contributed by atoms with Crippen LogP contribution < -0.4 is 0 Å². The lowest BCUT2D eigenvalue weighted by Gasteiger charge is -2.32. The second-order valence-corrected chi connectivity index (χ2v) is 4.59. The summed E-state index contributed by atoms with van der Waals surface area (Å²) in [6, 6.07) is 5.54. The smallest absolute Gasteiger partial charge is 0.320 e. The lowest BCUT2D eigenvalue weighted by Crippen LogP contribution is -2.44. The SMILES string of the molecule is Cc1cccc(CN2CCCCC2C(=O)O)n1. The van der Waals surface area contributed by atoms with Crippen LogP contribution in [0.4, 0.5) is 0 Å². The Hall–Kier alpha value is -1.42. The molecule has 4 nitrogen and oxygen atoms in total. The Labute approximate surface area is 101 Å². The number of carboxylic acids is 1. The Bertz CT molecular complexity index is 406. The number of aromatic nitrogens is 1. The van der Waals surface area contributed by atoms with Crippen LogP contribution in [0.15, 0.2) is 18.2 Å². The van der Waals surface area contributed by atoms with Crippen LogP contribution in [0.5, 0.6) is 0 Å². The zero-order valence-corrected chi connectivity index (χ0v) is 10.1. The van der Waals surface area contributed by atoms with Gasteiger partial charge in [0.05, 0.1) is 5.69 Å². The summed E-state index contributed by atoms with van der Waals surface area (Å²) in [5, 5.41) is 9.18. The first-order valence-corrected chi connectivity index (χ1v) is 6.06. The zero-order valence-electron chi connectivity index (χ0n) is 10.1. The molecule has 0 aliphatic carbocycles. The molecule has 1 aliphatic rings. The standard InChI is InChI=1S/C13H18N2O2/c1-10-5-4-6-11(14-10)9-15-8-3-2-7-12(15)13(16)17/h4-6,12H,2-3,7-9H2,1H3,(H,16,17). The molecule has 0 radical (unpaired) electrons. The molecule has 0 spiro atoms. The summed E-state index contributed by atoms with van der Waals surface area (Å²) < 4.78 is 0. The summed E-state index contributed by atoms with van der Waals surface area (Å²) in [5.74, 6) is -0.711. The van der Waals surface area contributed by atoms with Gasteiger partial charge in [-0.2, -0.15) is 0 Å². The quantitative estimate of drug-likeness (QED) is 0.867. The van der Waals surface area contributed by atoms with Crippen molar-refractivity contribution in [1.29, 1.82) is 0 Å². The molecule has 1 aliphatic heterocycles. The molecule has 0 amide bonds. The minimum absolute atomic E-state index is 0.342. The molecule has 17 heavy (non-hydrogen) atoms. The van der Waals surface area contributed by atoms with Gasteiger partial charge in [-0.15, -0.1) is 0 Å². The highest BCUT2D eigenvalue weighted by Crippen LogP contribution is 2.19. The second-order valence-electron chi connectivity index (χ2n) is 4.59. The Morgan fingerprint density at radius 1 is 1.53 bits per heavy atom. The molecular weight excluding hydrogens is 216 g/mol. The number of aryl methyl sites for hydroxylation is 1. The topological polar surface area (TPSA) is 53.4 Å². The summed E-state index contributed by atoms with van der Waals surface area (Å²) >= 11 is 0. The van der Waals surface area contributed by atoms with Gasteiger partial charge >= 0.3 is 5.97 Å².